The van der Waals surface area contributed by atoms with Crippen molar-refractivity contribution >= 4 is 28.4 Å². The van der Waals surface area contributed by atoms with Crippen molar-refractivity contribution in [3.05, 3.63) is 48.3 Å². The van der Waals surface area contributed by atoms with Crippen LogP contribution in [0.2, 0.25) is 0 Å². The van der Waals surface area contributed by atoms with E-state index in [2.05, 4.69) is 39.2 Å². The molecule has 0 spiro atoms. The maximum Gasteiger partial charge on any atom is 0.321 e. The van der Waals surface area contributed by atoms with E-state index in [0.717, 1.165) is 28.8 Å². The number of nitrogens with one attached hydrogen (secondary N) is 1. The third-order valence-corrected chi connectivity index (χ3v) is 7.51. The maximum atomic E-state index is 12.9. The molecule has 4 rings (SSSR count). The molecule has 2 heterocycles. The summed E-state index contributed by atoms with van der Waals surface area (Å²) >= 11 is 0. The molecule has 2 amide bonds. The van der Waals surface area contributed by atoms with E-state index in [9.17, 15) is 4.79 Å². The molecule has 1 fully saturated rings. The highest BCUT2D eigenvalue weighted by molar-refractivity contribution is 5.92. The van der Waals surface area contributed by atoms with Crippen LogP contribution < -0.4 is 19.7 Å². The van der Waals surface area contributed by atoms with Gasteiger partial charge in [-0.25, -0.2) is 14.8 Å². The van der Waals surface area contributed by atoms with Crippen LogP contribution >= 0.6 is 0 Å². The fourth-order valence-electron chi connectivity index (χ4n) is 5.16. The van der Waals surface area contributed by atoms with Crippen molar-refractivity contribution in [3.63, 3.8) is 0 Å². The quantitative estimate of drug-likeness (QED) is 0.247. The van der Waals surface area contributed by atoms with Gasteiger partial charge in [-0.15, -0.1) is 0 Å². The Balaban J connectivity index is 1.24. The second kappa shape index (κ2) is 14.6. The molecule has 0 saturated carbocycles. The summed E-state index contributed by atoms with van der Waals surface area (Å²) in [6, 6.07) is 12.0. The topological polar surface area (TPSA) is 79.8 Å². The van der Waals surface area contributed by atoms with Gasteiger partial charge < -0.3 is 24.6 Å². The molecule has 3 aromatic rings. The van der Waals surface area contributed by atoms with Crippen LogP contribution in [0, 0.1) is 0 Å². The summed E-state index contributed by atoms with van der Waals surface area (Å²) in [4.78, 5) is 26.0. The Morgan fingerprint density at radius 2 is 1.49 bits per heavy atom. The molecule has 210 valence electrons. The molecule has 0 atom stereocenters. The van der Waals surface area contributed by atoms with Gasteiger partial charge in [-0.05, 0) is 36.6 Å². The molecule has 8 nitrogen and oxygen atoms in total. The second-order valence-corrected chi connectivity index (χ2v) is 10.2. The van der Waals surface area contributed by atoms with Crippen molar-refractivity contribution in [2.75, 3.05) is 50.6 Å². The zero-order chi connectivity index (χ0) is 27.5. The molecular weight excluding hydrogens is 490 g/mol. The number of methoxy groups -OCH3 is 2. The number of amides is 2. The fourth-order valence-corrected chi connectivity index (χ4v) is 5.16. The lowest BCUT2D eigenvalue weighted by atomic mass is 10.0. The lowest BCUT2D eigenvalue weighted by molar-refractivity contribution is 0.208. The average molecular weight is 534 g/mol. The molecule has 1 N–H and O–H groups in total. The lowest BCUT2D eigenvalue weighted by Crippen LogP contribution is -2.50. The molecular formula is C31H43N5O3. The van der Waals surface area contributed by atoms with Crippen molar-refractivity contribution in [1.29, 1.82) is 0 Å². The number of nitrogens with zero attached hydrogens (tertiary/aromatic N) is 4. The van der Waals surface area contributed by atoms with Crippen LogP contribution in [0.1, 0.15) is 63.9 Å². The number of anilines is 2. The molecule has 39 heavy (non-hydrogen) atoms. The maximum absolute atomic E-state index is 12.9. The number of aryl methyl sites for hydroxylation is 1. The molecule has 2 aromatic carbocycles. The number of fused-ring (bicyclic) bond motifs is 1. The van der Waals surface area contributed by atoms with E-state index in [1.807, 2.05) is 29.2 Å². The minimum absolute atomic E-state index is 0.0653. The number of carbonyl (C=O) groups is 1. The van der Waals surface area contributed by atoms with Gasteiger partial charge >= 0.3 is 6.03 Å². The largest absolute Gasteiger partial charge is 0.493 e. The third-order valence-electron chi connectivity index (χ3n) is 7.51. The number of carbonyl (C=O) groups excluding carboxylic acids is 1. The summed E-state index contributed by atoms with van der Waals surface area (Å²) in [5.74, 6) is 2.12. The van der Waals surface area contributed by atoms with Gasteiger partial charge in [-0.3, -0.25) is 0 Å². The normalized spacial score (nSPS) is 13.5. The molecule has 0 bridgehead atoms. The minimum Gasteiger partial charge on any atom is -0.493 e. The van der Waals surface area contributed by atoms with Crippen molar-refractivity contribution in [2.24, 2.45) is 0 Å². The van der Waals surface area contributed by atoms with E-state index < -0.39 is 0 Å². The van der Waals surface area contributed by atoms with Gasteiger partial charge in [-0.2, -0.15) is 0 Å². The standard InChI is InChI=1S/C31H43N5O3/c1-4-5-6-7-8-9-10-11-12-24-13-15-25(16-14-24)34-31(37)36-19-17-35(18-20-36)30-26-21-28(38-2)29(39-3)22-27(26)32-23-33-30/h13-16,21-23H,4-12,17-20H2,1-3H3,(H,34,37). The predicted octanol–water partition coefficient (Wildman–Crippen LogP) is 6.68. The van der Waals surface area contributed by atoms with Crippen LogP contribution in [-0.4, -0.2) is 61.3 Å². The summed E-state index contributed by atoms with van der Waals surface area (Å²) in [5, 5.41) is 3.97. The van der Waals surface area contributed by atoms with Gasteiger partial charge in [0.05, 0.1) is 19.7 Å². The number of benzene rings is 2. The first-order valence-electron chi connectivity index (χ1n) is 14.4. The van der Waals surface area contributed by atoms with Crippen molar-refractivity contribution in [2.45, 2.75) is 64.7 Å². The number of piperazine rings is 1. The number of hydrogen-bond donors (Lipinski definition) is 1. The first-order chi connectivity index (χ1) is 19.1. The van der Waals surface area contributed by atoms with Crippen LogP contribution in [0.5, 0.6) is 11.5 Å². The molecule has 0 aliphatic carbocycles. The van der Waals surface area contributed by atoms with E-state index in [4.69, 9.17) is 9.47 Å². The van der Waals surface area contributed by atoms with Crippen LogP contribution in [0.3, 0.4) is 0 Å². The molecule has 1 aromatic heterocycles. The van der Waals surface area contributed by atoms with E-state index in [0.29, 0.717) is 37.7 Å². The Bertz CT molecular complexity index is 1190. The van der Waals surface area contributed by atoms with E-state index in [1.54, 1.807) is 20.5 Å². The monoisotopic (exact) mass is 533 g/mol. The summed E-state index contributed by atoms with van der Waals surface area (Å²) in [6.07, 6.45) is 13.3. The third kappa shape index (κ3) is 7.74. The molecule has 8 heteroatoms. The van der Waals surface area contributed by atoms with Crippen molar-refractivity contribution in [3.8, 4) is 11.5 Å². The Morgan fingerprint density at radius 1 is 0.846 bits per heavy atom. The van der Waals surface area contributed by atoms with Gasteiger partial charge in [-0.1, -0.05) is 64.0 Å². The second-order valence-electron chi connectivity index (χ2n) is 10.2. The molecule has 1 aliphatic heterocycles. The number of ether oxygens (including phenoxy) is 2. The highest BCUT2D eigenvalue weighted by Crippen LogP contribution is 2.35. The zero-order valence-electron chi connectivity index (χ0n) is 23.7. The summed E-state index contributed by atoms with van der Waals surface area (Å²) in [7, 11) is 3.23. The van der Waals surface area contributed by atoms with Crippen LogP contribution in [-0.2, 0) is 6.42 Å². The van der Waals surface area contributed by atoms with Gasteiger partial charge in [0.25, 0.3) is 0 Å². The van der Waals surface area contributed by atoms with Crippen LogP contribution in [0.4, 0.5) is 16.3 Å². The van der Waals surface area contributed by atoms with Gasteiger partial charge in [0.1, 0.15) is 12.1 Å². The molecule has 0 unspecified atom stereocenters. The SMILES string of the molecule is CCCCCCCCCCc1ccc(NC(=O)N2CCN(c3ncnc4cc(OC)c(OC)cc34)CC2)cc1. The Morgan fingerprint density at radius 3 is 2.15 bits per heavy atom. The zero-order valence-corrected chi connectivity index (χ0v) is 23.7. The number of urea groups is 1. The lowest BCUT2D eigenvalue weighted by Gasteiger charge is -2.35. The molecule has 0 radical (unpaired) electrons. The first kappa shape index (κ1) is 28.5. The van der Waals surface area contributed by atoms with Crippen molar-refractivity contribution < 1.29 is 14.3 Å². The average Bonchev–Trinajstić information content (AvgIpc) is 2.98. The first-order valence-corrected chi connectivity index (χ1v) is 14.4. The highest BCUT2D eigenvalue weighted by Gasteiger charge is 2.24. The smallest absolute Gasteiger partial charge is 0.321 e. The fraction of sp³-hybridized carbons (Fsp3) is 0.516. The Kier molecular flexibility index (Phi) is 10.6. The highest BCUT2D eigenvalue weighted by atomic mass is 16.5. The molecule has 1 saturated heterocycles. The van der Waals surface area contributed by atoms with Gasteiger partial charge in [0, 0.05) is 43.3 Å². The number of rotatable bonds is 13. The Labute approximate surface area is 232 Å². The predicted molar refractivity (Wildman–Crippen MR) is 158 cm³/mol. The van der Waals surface area contributed by atoms with Crippen molar-refractivity contribution in [1.82, 2.24) is 14.9 Å². The number of aromatic nitrogens is 2. The summed E-state index contributed by atoms with van der Waals surface area (Å²) in [6.45, 7) is 4.86. The summed E-state index contributed by atoms with van der Waals surface area (Å²) in [5.41, 5.74) is 2.97. The van der Waals surface area contributed by atoms with Gasteiger partial charge in [0.2, 0.25) is 0 Å². The van der Waals surface area contributed by atoms with Crippen LogP contribution in [0.15, 0.2) is 42.7 Å². The molecule has 1 aliphatic rings. The number of hydrogen-bond acceptors (Lipinski definition) is 6. The summed E-state index contributed by atoms with van der Waals surface area (Å²) < 4.78 is 10.9. The van der Waals surface area contributed by atoms with Gasteiger partial charge in [0.15, 0.2) is 11.5 Å². The minimum atomic E-state index is -0.0653. The van der Waals surface area contributed by atoms with E-state index in [1.165, 1.54) is 56.9 Å². The van der Waals surface area contributed by atoms with Crippen LogP contribution in [0.25, 0.3) is 10.9 Å². The van der Waals surface area contributed by atoms with E-state index >= 15 is 0 Å². The number of unbranched alkanes of at least 4 members (excludes halogenated alkanes) is 7. The van der Waals surface area contributed by atoms with E-state index in [-0.39, 0.29) is 6.03 Å². The Hall–Kier alpha value is -3.55.